The number of halogens is 1. The largest absolute Gasteiger partial charge is 0.331 e. The number of rotatable bonds is 3. The zero-order valence-electron chi connectivity index (χ0n) is 11.1. The van der Waals surface area contributed by atoms with Crippen LogP contribution in [0.1, 0.15) is 18.2 Å². The molecule has 0 unspecified atom stereocenters. The van der Waals surface area contributed by atoms with E-state index in [2.05, 4.69) is 68.3 Å². The predicted octanol–water partition coefficient (Wildman–Crippen LogP) is 4.31. The predicted molar refractivity (Wildman–Crippen MR) is 92.6 cm³/mol. The number of fused-ring (bicyclic) bond motifs is 1. The number of nitrogens with zero attached hydrogens (tertiary/aromatic N) is 2. The van der Waals surface area contributed by atoms with Crippen molar-refractivity contribution in [3.05, 3.63) is 56.1 Å². The highest BCUT2D eigenvalue weighted by atomic mass is 127. The van der Waals surface area contributed by atoms with Crippen LogP contribution in [-0.2, 0) is 13.0 Å². The molecule has 0 aliphatic carbocycles. The van der Waals surface area contributed by atoms with Crippen LogP contribution in [0.4, 0.5) is 0 Å². The van der Waals surface area contributed by atoms with Gasteiger partial charge in [-0.3, -0.25) is 4.98 Å². The van der Waals surface area contributed by atoms with Gasteiger partial charge in [0.15, 0.2) is 4.77 Å². The topological polar surface area (TPSA) is 33.6 Å². The Morgan fingerprint density at radius 2 is 2.20 bits per heavy atom. The number of hydrogen-bond acceptors (Lipinski definition) is 2. The quantitative estimate of drug-likeness (QED) is 0.530. The number of nitrogens with one attached hydrogen (secondary N) is 1. The minimum Gasteiger partial charge on any atom is -0.331 e. The van der Waals surface area contributed by atoms with Crippen LogP contribution >= 0.6 is 34.8 Å². The van der Waals surface area contributed by atoms with Crippen molar-refractivity contribution in [3.8, 4) is 0 Å². The Bertz CT molecular complexity index is 819. The van der Waals surface area contributed by atoms with Gasteiger partial charge in [-0.2, -0.15) is 0 Å². The van der Waals surface area contributed by atoms with E-state index in [0.717, 1.165) is 27.9 Å². The second kappa shape index (κ2) is 5.65. The summed E-state index contributed by atoms with van der Waals surface area (Å²) in [5, 5.41) is 0. The first-order valence-electron chi connectivity index (χ1n) is 6.50. The fourth-order valence-electron chi connectivity index (χ4n) is 2.38. The molecule has 0 amide bonds. The molecule has 20 heavy (non-hydrogen) atoms. The number of hydrogen-bond donors (Lipinski definition) is 1. The lowest BCUT2D eigenvalue weighted by atomic mass is 10.1. The van der Waals surface area contributed by atoms with Crippen molar-refractivity contribution in [2.75, 3.05) is 0 Å². The Balaban J connectivity index is 2.11. The lowest BCUT2D eigenvalue weighted by Gasteiger charge is -2.08. The number of imidazole rings is 1. The normalized spacial score (nSPS) is 11.1. The van der Waals surface area contributed by atoms with Crippen LogP contribution in [-0.4, -0.2) is 14.5 Å². The van der Waals surface area contributed by atoms with Crippen molar-refractivity contribution in [1.29, 1.82) is 0 Å². The first-order valence-corrected chi connectivity index (χ1v) is 7.98. The van der Waals surface area contributed by atoms with E-state index in [4.69, 9.17) is 12.2 Å². The average molecular weight is 395 g/mol. The van der Waals surface area contributed by atoms with Crippen LogP contribution in [0.2, 0.25) is 0 Å². The lowest BCUT2D eigenvalue weighted by molar-refractivity contribution is 0.771. The van der Waals surface area contributed by atoms with E-state index in [9.17, 15) is 0 Å². The molecular weight excluding hydrogens is 381 g/mol. The van der Waals surface area contributed by atoms with Crippen LogP contribution in [0.5, 0.6) is 0 Å². The Morgan fingerprint density at radius 1 is 1.35 bits per heavy atom. The van der Waals surface area contributed by atoms with E-state index in [1.165, 1.54) is 9.13 Å². The van der Waals surface area contributed by atoms with Gasteiger partial charge in [0.2, 0.25) is 0 Å². The molecule has 0 aliphatic rings. The number of benzene rings is 1. The van der Waals surface area contributed by atoms with E-state index >= 15 is 0 Å². The second-order valence-electron chi connectivity index (χ2n) is 4.64. The molecule has 1 aromatic carbocycles. The molecule has 2 heterocycles. The van der Waals surface area contributed by atoms with E-state index in [1.54, 1.807) is 0 Å². The van der Waals surface area contributed by atoms with E-state index < -0.39 is 0 Å². The molecule has 0 atom stereocenters. The molecule has 3 rings (SSSR count). The van der Waals surface area contributed by atoms with Gasteiger partial charge in [-0.05, 0) is 71.1 Å². The second-order valence-corrected chi connectivity index (χ2v) is 6.27. The first kappa shape index (κ1) is 13.8. The molecule has 0 radical (unpaired) electrons. The summed E-state index contributed by atoms with van der Waals surface area (Å²) in [6, 6.07) is 10.4. The van der Waals surface area contributed by atoms with Gasteiger partial charge < -0.3 is 9.55 Å². The van der Waals surface area contributed by atoms with Gasteiger partial charge >= 0.3 is 0 Å². The number of H-pyrrole nitrogens is 1. The van der Waals surface area contributed by atoms with Crippen molar-refractivity contribution in [1.82, 2.24) is 14.5 Å². The van der Waals surface area contributed by atoms with Gasteiger partial charge in [0.05, 0.1) is 23.3 Å². The third-order valence-corrected chi connectivity index (χ3v) is 4.40. The standard InChI is InChI=1S/C15H14IN3S/c1-2-10-4-3-7-17-13(10)9-19-14-6-5-11(16)8-12(14)18-15(19)20/h3-8H,2,9H2,1H3,(H,18,20). The average Bonchev–Trinajstić information content (AvgIpc) is 2.75. The zero-order valence-corrected chi connectivity index (χ0v) is 14.0. The smallest absolute Gasteiger partial charge is 0.178 e. The first-order chi connectivity index (χ1) is 9.69. The third kappa shape index (κ3) is 2.52. The SMILES string of the molecule is CCc1cccnc1Cn1c(=S)[nH]c2cc(I)ccc21. The minimum atomic E-state index is 0.712. The molecule has 0 saturated heterocycles. The summed E-state index contributed by atoms with van der Waals surface area (Å²) in [5.74, 6) is 0. The Hall–Kier alpha value is -1.21. The van der Waals surface area contributed by atoms with Gasteiger partial charge in [-0.15, -0.1) is 0 Å². The summed E-state index contributed by atoms with van der Waals surface area (Å²) >= 11 is 7.76. The zero-order chi connectivity index (χ0) is 14.1. The minimum absolute atomic E-state index is 0.712. The van der Waals surface area contributed by atoms with Gasteiger partial charge in [0, 0.05) is 9.77 Å². The third-order valence-electron chi connectivity index (χ3n) is 3.41. The van der Waals surface area contributed by atoms with Crippen molar-refractivity contribution in [3.63, 3.8) is 0 Å². The maximum atomic E-state index is 5.45. The fraction of sp³-hybridized carbons (Fsp3) is 0.200. The molecular formula is C15H14IN3S. The Morgan fingerprint density at radius 3 is 3.00 bits per heavy atom. The molecule has 0 bridgehead atoms. The van der Waals surface area contributed by atoms with E-state index in [0.29, 0.717) is 6.54 Å². The Kier molecular flexibility index (Phi) is 3.89. The number of aromatic nitrogens is 3. The molecule has 102 valence electrons. The maximum Gasteiger partial charge on any atom is 0.178 e. The summed E-state index contributed by atoms with van der Waals surface area (Å²) < 4.78 is 4.06. The summed E-state index contributed by atoms with van der Waals surface area (Å²) in [7, 11) is 0. The molecule has 0 aliphatic heterocycles. The summed E-state index contributed by atoms with van der Waals surface area (Å²) in [5.41, 5.74) is 4.57. The van der Waals surface area contributed by atoms with Crippen LogP contribution in [0.15, 0.2) is 36.5 Å². The highest BCUT2D eigenvalue weighted by Crippen LogP contribution is 2.19. The number of aryl methyl sites for hydroxylation is 1. The molecule has 2 aromatic heterocycles. The van der Waals surface area contributed by atoms with Crippen LogP contribution in [0.25, 0.3) is 11.0 Å². The van der Waals surface area contributed by atoms with Crippen molar-refractivity contribution >= 4 is 45.8 Å². The van der Waals surface area contributed by atoms with E-state index in [1.807, 2.05) is 12.3 Å². The molecule has 0 spiro atoms. The highest BCUT2D eigenvalue weighted by molar-refractivity contribution is 14.1. The monoisotopic (exact) mass is 395 g/mol. The molecule has 0 saturated carbocycles. The summed E-state index contributed by atoms with van der Waals surface area (Å²) in [6.45, 7) is 2.86. The molecule has 0 fully saturated rings. The molecule has 1 N–H and O–H groups in total. The van der Waals surface area contributed by atoms with Gasteiger partial charge in [-0.25, -0.2) is 0 Å². The van der Waals surface area contributed by atoms with Crippen LogP contribution in [0.3, 0.4) is 0 Å². The Labute approximate surface area is 136 Å². The van der Waals surface area contributed by atoms with Crippen molar-refractivity contribution < 1.29 is 0 Å². The number of aromatic amines is 1. The van der Waals surface area contributed by atoms with Gasteiger partial charge in [-0.1, -0.05) is 13.0 Å². The van der Waals surface area contributed by atoms with Crippen LogP contribution in [0, 0.1) is 8.34 Å². The number of pyridine rings is 1. The highest BCUT2D eigenvalue weighted by Gasteiger charge is 2.08. The van der Waals surface area contributed by atoms with Gasteiger partial charge in [0.1, 0.15) is 0 Å². The summed E-state index contributed by atoms with van der Waals surface area (Å²) in [4.78, 5) is 7.78. The fourth-order valence-corrected chi connectivity index (χ4v) is 3.14. The van der Waals surface area contributed by atoms with Crippen LogP contribution < -0.4 is 0 Å². The molecule has 5 heteroatoms. The van der Waals surface area contributed by atoms with Crippen molar-refractivity contribution in [2.45, 2.75) is 19.9 Å². The van der Waals surface area contributed by atoms with Gasteiger partial charge in [0.25, 0.3) is 0 Å². The van der Waals surface area contributed by atoms with Crippen molar-refractivity contribution in [2.24, 2.45) is 0 Å². The van der Waals surface area contributed by atoms with E-state index in [-0.39, 0.29) is 0 Å². The maximum absolute atomic E-state index is 5.45. The molecule has 3 nitrogen and oxygen atoms in total. The summed E-state index contributed by atoms with van der Waals surface area (Å²) in [6.07, 6.45) is 2.83. The lowest BCUT2D eigenvalue weighted by Crippen LogP contribution is -2.05. The molecule has 3 aromatic rings.